The van der Waals surface area contributed by atoms with Gasteiger partial charge in [0.2, 0.25) is 5.91 Å². The largest absolute Gasteiger partial charge is 0.478 e. The highest BCUT2D eigenvalue weighted by molar-refractivity contribution is 5.89. The summed E-state index contributed by atoms with van der Waals surface area (Å²) in [7, 11) is 1.63. The second kappa shape index (κ2) is 5.08. The third kappa shape index (κ3) is 2.30. The number of nitrogens with zero attached hydrogens (tertiary/aromatic N) is 1. The Kier molecular flexibility index (Phi) is 3.50. The highest BCUT2D eigenvalue weighted by atomic mass is 16.4. The van der Waals surface area contributed by atoms with Crippen molar-refractivity contribution < 1.29 is 14.7 Å². The van der Waals surface area contributed by atoms with Crippen molar-refractivity contribution in [2.75, 3.05) is 18.5 Å². The molecule has 2 N–H and O–H groups in total. The topological polar surface area (TPSA) is 69.6 Å². The van der Waals surface area contributed by atoms with Crippen LogP contribution in [0.15, 0.2) is 24.3 Å². The molecule has 0 aliphatic carbocycles. The zero-order valence-corrected chi connectivity index (χ0v) is 10.2. The maximum absolute atomic E-state index is 11.7. The van der Waals surface area contributed by atoms with Gasteiger partial charge in [0, 0.05) is 19.3 Å². The van der Waals surface area contributed by atoms with E-state index in [4.69, 9.17) is 5.11 Å². The van der Waals surface area contributed by atoms with E-state index in [1.165, 1.54) is 0 Å². The number of aromatic carboxylic acids is 1. The molecule has 1 atom stereocenters. The van der Waals surface area contributed by atoms with Gasteiger partial charge in [0.1, 0.15) is 6.04 Å². The van der Waals surface area contributed by atoms with Crippen molar-refractivity contribution in [2.24, 2.45) is 0 Å². The van der Waals surface area contributed by atoms with E-state index in [0.29, 0.717) is 0 Å². The van der Waals surface area contributed by atoms with Gasteiger partial charge in [-0.15, -0.1) is 0 Å². The SMILES string of the molecule is CNC(=O)C1CCCN1c1ccc(C(=O)O)cc1. The van der Waals surface area contributed by atoms with Crippen LogP contribution in [0.25, 0.3) is 0 Å². The predicted octanol–water partition coefficient (Wildman–Crippen LogP) is 1.10. The molecule has 1 aliphatic rings. The minimum absolute atomic E-state index is 0.00908. The molecule has 0 radical (unpaired) electrons. The summed E-state index contributed by atoms with van der Waals surface area (Å²) in [4.78, 5) is 24.5. The van der Waals surface area contributed by atoms with Gasteiger partial charge >= 0.3 is 5.97 Å². The zero-order valence-electron chi connectivity index (χ0n) is 10.2. The van der Waals surface area contributed by atoms with Gasteiger partial charge in [-0.25, -0.2) is 4.79 Å². The summed E-state index contributed by atoms with van der Waals surface area (Å²) < 4.78 is 0. The summed E-state index contributed by atoms with van der Waals surface area (Å²) in [6.07, 6.45) is 1.80. The molecule has 0 aromatic heterocycles. The van der Waals surface area contributed by atoms with Gasteiger partial charge in [0.05, 0.1) is 5.56 Å². The van der Waals surface area contributed by atoms with Crippen molar-refractivity contribution in [1.29, 1.82) is 0 Å². The van der Waals surface area contributed by atoms with Crippen LogP contribution in [-0.4, -0.2) is 36.6 Å². The highest BCUT2D eigenvalue weighted by Gasteiger charge is 2.30. The summed E-state index contributed by atoms with van der Waals surface area (Å²) in [5, 5.41) is 11.5. The molecular formula is C13H16N2O3. The van der Waals surface area contributed by atoms with Crippen molar-refractivity contribution in [1.82, 2.24) is 5.32 Å². The number of rotatable bonds is 3. The molecule has 1 saturated heterocycles. The maximum Gasteiger partial charge on any atom is 0.335 e. The third-order valence-corrected chi connectivity index (χ3v) is 3.25. The first-order chi connectivity index (χ1) is 8.63. The monoisotopic (exact) mass is 248 g/mol. The Morgan fingerprint density at radius 1 is 1.33 bits per heavy atom. The molecule has 2 rings (SSSR count). The summed E-state index contributed by atoms with van der Waals surface area (Å²) >= 11 is 0. The fraction of sp³-hybridized carbons (Fsp3) is 0.385. The van der Waals surface area contributed by atoms with Crippen LogP contribution in [0.1, 0.15) is 23.2 Å². The third-order valence-electron chi connectivity index (χ3n) is 3.25. The molecule has 1 heterocycles. The Labute approximate surface area is 105 Å². The fourth-order valence-corrected chi connectivity index (χ4v) is 2.31. The lowest BCUT2D eigenvalue weighted by Crippen LogP contribution is -2.41. The lowest BCUT2D eigenvalue weighted by atomic mass is 10.1. The van der Waals surface area contributed by atoms with Crippen LogP contribution in [0.2, 0.25) is 0 Å². The van der Waals surface area contributed by atoms with E-state index in [1.807, 2.05) is 4.90 Å². The molecule has 18 heavy (non-hydrogen) atoms. The molecule has 0 bridgehead atoms. The number of anilines is 1. The first-order valence-electron chi connectivity index (χ1n) is 5.95. The summed E-state index contributed by atoms with van der Waals surface area (Å²) in [5.74, 6) is -0.930. The molecule has 1 amide bonds. The summed E-state index contributed by atoms with van der Waals surface area (Å²) in [5.41, 5.74) is 1.15. The van der Waals surface area contributed by atoms with Gasteiger partial charge in [-0.2, -0.15) is 0 Å². The number of carboxylic acid groups (broad SMARTS) is 1. The van der Waals surface area contributed by atoms with Crippen LogP contribution in [0, 0.1) is 0 Å². The standard InChI is InChI=1S/C13H16N2O3/c1-14-12(16)11-3-2-8-15(11)10-6-4-9(5-7-10)13(17)18/h4-7,11H,2-3,8H2,1H3,(H,14,16)(H,17,18). The van der Waals surface area contributed by atoms with Crippen LogP contribution in [0.5, 0.6) is 0 Å². The quantitative estimate of drug-likeness (QED) is 0.840. The van der Waals surface area contributed by atoms with Crippen LogP contribution < -0.4 is 10.2 Å². The summed E-state index contributed by atoms with van der Waals surface area (Å²) in [6, 6.07) is 6.49. The Morgan fingerprint density at radius 3 is 2.56 bits per heavy atom. The smallest absolute Gasteiger partial charge is 0.335 e. The lowest BCUT2D eigenvalue weighted by molar-refractivity contribution is -0.121. The van der Waals surface area contributed by atoms with E-state index in [9.17, 15) is 9.59 Å². The zero-order chi connectivity index (χ0) is 13.1. The Bertz CT molecular complexity index is 456. The number of nitrogens with one attached hydrogen (secondary N) is 1. The number of amides is 1. The van der Waals surface area contributed by atoms with Crippen molar-refractivity contribution >= 4 is 17.6 Å². The maximum atomic E-state index is 11.7. The number of carbonyl (C=O) groups is 2. The number of likely N-dealkylation sites (N-methyl/N-ethyl adjacent to an activating group) is 1. The first-order valence-corrected chi connectivity index (χ1v) is 5.95. The number of hydrogen-bond donors (Lipinski definition) is 2. The molecule has 1 aromatic rings. The number of hydrogen-bond acceptors (Lipinski definition) is 3. The van der Waals surface area contributed by atoms with Crippen LogP contribution >= 0.6 is 0 Å². The predicted molar refractivity (Wildman–Crippen MR) is 67.8 cm³/mol. The van der Waals surface area contributed by atoms with E-state index in [0.717, 1.165) is 25.1 Å². The average Bonchev–Trinajstić information content (AvgIpc) is 2.87. The van der Waals surface area contributed by atoms with Crippen molar-refractivity contribution in [3.05, 3.63) is 29.8 Å². The number of carbonyl (C=O) groups excluding carboxylic acids is 1. The molecular weight excluding hydrogens is 232 g/mol. The second-order valence-electron chi connectivity index (χ2n) is 4.32. The van der Waals surface area contributed by atoms with Gasteiger partial charge in [-0.3, -0.25) is 4.79 Å². The molecule has 5 nitrogen and oxygen atoms in total. The van der Waals surface area contributed by atoms with Gasteiger partial charge in [0.15, 0.2) is 0 Å². The van der Waals surface area contributed by atoms with Crippen LogP contribution in [0.3, 0.4) is 0 Å². The number of benzene rings is 1. The Morgan fingerprint density at radius 2 is 2.00 bits per heavy atom. The van der Waals surface area contributed by atoms with E-state index < -0.39 is 5.97 Å². The fourth-order valence-electron chi connectivity index (χ4n) is 2.31. The normalized spacial score (nSPS) is 18.7. The summed E-state index contributed by atoms with van der Waals surface area (Å²) in [6.45, 7) is 0.824. The highest BCUT2D eigenvalue weighted by Crippen LogP contribution is 2.25. The molecule has 5 heteroatoms. The van der Waals surface area contributed by atoms with Crippen molar-refractivity contribution in [3.63, 3.8) is 0 Å². The molecule has 1 aromatic carbocycles. The van der Waals surface area contributed by atoms with Gasteiger partial charge in [-0.05, 0) is 37.1 Å². The lowest BCUT2D eigenvalue weighted by Gasteiger charge is -2.25. The van der Waals surface area contributed by atoms with Crippen LogP contribution in [-0.2, 0) is 4.79 Å². The average molecular weight is 248 g/mol. The minimum atomic E-state index is -0.939. The minimum Gasteiger partial charge on any atom is -0.478 e. The van der Waals surface area contributed by atoms with E-state index in [-0.39, 0.29) is 17.5 Å². The second-order valence-corrected chi connectivity index (χ2v) is 4.32. The molecule has 0 saturated carbocycles. The molecule has 1 fully saturated rings. The van der Waals surface area contributed by atoms with E-state index >= 15 is 0 Å². The van der Waals surface area contributed by atoms with Gasteiger partial charge < -0.3 is 15.3 Å². The van der Waals surface area contributed by atoms with E-state index in [1.54, 1.807) is 31.3 Å². The van der Waals surface area contributed by atoms with E-state index in [2.05, 4.69) is 5.32 Å². The van der Waals surface area contributed by atoms with Gasteiger partial charge in [-0.1, -0.05) is 0 Å². The van der Waals surface area contributed by atoms with Crippen molar-refractivity contribution in [2.45, 2.75) is 18.9 Å². The molecule has 1 unspecified atom stereocenters. The molecule has 1 aliphatic heterocycles. The molecule has 96 valence electrons. The van der Waals surface area contributed by atoms with Crippen LogP contribution in [0.4, 0.5) is 5.69 Å². The number of carboxylic acids is 1. The molecule has 0 spiro atoms. The van der Waals surface area contributed by atoms with Gasteiger partial charge in [0.25, 0.3) is 0 Å². The first kappa shape index (κ1) is 12.4. The Balaban J connectivity index is 2.20. The Hall–Kier alpha value is -2.04. The van der Waals surface area contributed by atoms with Crippen molar-refractivity contribution in [3.8, 4) is 0 Å².